The van der Waals surface area contributed by atoms with Crippen LogP contribution < -0.4 is 5.73 Å². The zero-order valence-corrected chi connectivity index (χ0v) is 14.5. The Morgan fingerprint density at radius 2 is 1.37 bits per heavy atom. The van der Waals surface area contributed by atoms with Crippen LogP contribution in [0.5, 0.6) is 0 Å². The van der Waals surface area contributed by atoms with E-state index in [0.717, 1.165) is 10.8 Å². The van der Waals surface area contributed by atoms with E-state index >= 15 is 0 Å². The normalized spacial score (nSPS) is 10.4. The fourth-order valence-electron chi connectivity index (χ4n) is 2.51. The lowest BCUT2D eigenvalue weighted by Gasteiger charge is -1.94. The minimum absolute atomic E-state index is 0.122. The molecule has 2 N–H and O–H groups in total. The Labute approximate surface area is 153 Å². The van der Waals surface area contributed by atoms with Gasteiger partial charge < -0.3 is 19.5 Å². The molecular formula is C19H17N3O5. The number of methoxy groups -OCH3 is 1. The van der Waals surface area contributed by atoms with Gasteiger partial charge in [-0.25, -0.2) is 0 Å². The molecule has 0 aliphatic rings. The van der Waals surface area contributed by atoms with Crippen LogP contribution >= 0.6 is 0 Å². The summed E-state index contributed by atoms with van der Waals surface area (Å²) in [6.07, 6.45) is 0.268. The molecule has 2 aromatic carbocycles. The molecule has 0 atom stereocenters. The van der Waals surface area contributed by atoms with Gasteiger partial charge in [0.15, 0.2) is 11.2 Å². The number of hydrogen-bond acceptors (Lipinski definition) is 7. The van der Waals surface area contributed by atoms with Crippen molar-refractivity contribution in [2.75, 3.05) is 7.11 Å². The summed E-state index contributed by atoms with van der Waals surface area (Å²) in [5.41, 5.74) is 7.64. The van der Waals surface area contributed by atoms with E-state index in [2.05, 4.69) is 15.1 Å². The van der Waals surface area contributed by atoms with Gasteiger partial charge in [-0.3, -0.25) is 9.59 Å². The number of esters is 1. The number of hydrogen-bond donors (Lipinski definition) is 1. The second-order valence-electron chi connectivity index (χ2n) is 5.65. The van der Waals surface area contributed by atoms with Crippen LogP contribution in [0.15, 0.2) is 57.6 Å². The predicted molar refractivity (Wildman–Crippen MR) is 96.6 cm³/mol. The second-order valence-corrected chi connectivity index (χ2v) is 5.65. The largest absolute Gasteiger partial charge is 0.469 e. The number of nitrogens with zero attached hydrogens (tertiary/aromatic N) is 2. The van der Waals surface area contributed by atoms with Crippen LogP contribution in [0.4, 0.5) is 0 Å². The van der Waals surface area contributed by atoms with Crippen molar-refractivity contribution >= 4 is 33.8 Å². The summed E-state index contributed by atoms with van der Waals surface area (Å²) in [7, 11) is 1.35. The highest BCUT2D eigenvalue weighted by atomic mass is 16.5. The number of carbonyl (C=O) groups is 2. The van der Waals surface area contributed by atoms with Crippen LogP contribution in [0.3, 0.4) is 0 Å². The predicted octanol–water partition coefficient (Wildman–Crippen LogP) is 2.40. The molecular weight excluding hydrogens is 350 g/mol. The molecule has 0 aliphatic carbocycles. The molecule has 8 heteroatoms. The molecule has 0 fully saturated rings. The first-order valence-corrected chi connectivity index (χ1v) is 8.10. The van der Waals surface area contributed by atoms with Gasteiger partial charge >= 0.3 is 5.97 Å². The number of aromatic nitrogens is 2. The topological polar surface area (TPSA) is 121 Å². The smallest absolute Gasteiger partial charge is 0.311 e. The number of primary amides is 1. The van der Waals surface area contributed by atoms with Crippen LogP contribution in [0.2, 0.25) is 0 Å². The molecule has 1 amide bonds. The van der Waals surface area contributed by atoms with E-state index in [-0.39, 0.29) is 18.8 Å². The van der Waals surface area contributed by atoms with Crippen LogP contribution in [0.1, 0.15) is 11.4 Å². The zero-order chi connectivity index (χ0) is 19.2. The van der Waals surface area contributed by atoms with Crippen molar-refractivity contribution in [3.8, 4) is 0 Å². The number of rotatable bonds is 4. The fraction of sp³-hybridized carbons (Fsp3) is 0.158. The molecule has 0 unspecified atom stereocenters. The van der Waals surface area contributed by atoms with Crippen molar-refractivity contribution in [3.63, 3.8) is 0 Å². The quantitative estimate of drug-likeness (QED) is 0.550. The van der Waals surface area contributed by atoms with Gasteiger partial charge in [-0.05, 0) is 24.3 Å². The minimum atomic E-state index is -0.404. The molecule has 0 bridgehead atoms. The molecule has 27 heavy (non-hydrogen) atoms. The maximum absolute atomic E-state index is 11.0. The first kappa shape index (κ1) is 18.1. The summed E-state index contributed by atoms with van der Waals surface area (Å²) in [6, 6.07) is 14.8. The van der Waals surface area contributed by atoms with Crippen LogP contribution in [-0.4, -0.2) is 29.3 Å². The molecule has 0 radical (unpaired) electrons. The molecule has 2 aromatic heterocycles. The van der Waals surface area contributed by atoms with Crippen molar-refractivity contribution in [1.82, 2.24) is 10.3 Å². The third-order valence-electron chi connectivity index (χ3n) is 3.79. The molecule has 4 aromatic rings. The summed E-state index contributed by atoms with van der Waals surface area (Å²) in [4.78, 5) is 21.7. The second kappa shape index (κ2) is 8.13. The highest BCUT2D eigenvalue weighted by Crippen LogP contribution is 2.18. The van der Waals surface area contributed by atoms with Gasteiger partial charge in [0, 0.05) is 10.8 Å². The first-order valence-electron chi connectivity index (χ1n) is 8.10. The maximum Gasteiger partial charge on any atom is 0.311 e. The van der Waals surface area contributed by atoms with Gasteiger partial charge in [0.2, 0.25) is 5.91 Å². The van der Waals surface area contributed by atoms with Crippen LogP contribution in [0, 0.1) is 0 Å². The van der Waals surface area contributed by atoms with E-state index in [1.54, 1.807) is 6.07 Å². The number of para-hydroxylation sites is 2. The Morgan fingerprint density at radius 3 is 1.85 bits per heavy atom. The maximum atomic E-state index is 11.0. The van der Waals surface area contributed by atoms with Crippen molar-refractivity contribution in [3.05, 3.63) is 59.9 Å². The number of fused-ring (bicyclic) bond motifs is 2. The van der Waals surface area contributed by atoms with E-state index in [0.29, 0.717) is 22.6 Å². The molecule has 138 valence electrons. The highest BCUT2D eigenvalue weighted by Gasteiger charge is 2.11. The monoisotopic (exact) mass is 367 g/mol. The number of ether oxygens (including phenoxy) is 1. The van der Waals surface area contributed by atoms with Gasteiger partial charge in [0.1, 0.15) is 11.4 Å². The number of carbonyl (C=O) groups excluding carboxylic acids is 2. The van der Waals surface area contributed by atoms with E-state index < -0.39 is 5.91 Å². The molecule has 4 rings (SSSR count). The number of nitrogens with two attached hydrogens (primary N) is 1. The van der Waals surface area contributed by atoms with Gasteiger partial charge in [0.25, 0.3) is 0 Å². The van der Waals surface area contributed by atoms with Crippen molar-refractivity contribution < 1.29 is 23.4 Å². The molecule has 0 spiro atoms. The zero-order valence-electron chi connectivity index (χ0n) is 14.5. The van der Waals surface area contributed by atoms with E-state index in [1.807, 2.05) is 42.5 Å². The Kier molecular flexibility index (Phi) is 5.46. The van der Waals surface area contributed by atoms with Gasteiger partial charge in [-0.15, -0.1) is 0 Å². The molecule has 2 heterocycles. The molecule has 0 saturated carbocycles. The Hall–Kier alpha value is -3.68. The van der Waals surface area contributed by atoms with Gasteiger partial charge in [-0.1, -0.05) is 34.6 Å². The third kappa shape index (κ3) is 4.30. The van der Waals surface area contributed by atoms with E-state index in [4.69, 9.17) is 14.8 Å². The van der Waals surface area contributed by atoms with Crippen LogP contribution in [0.25, 0.3) is 21.9 Å². The lowest BCUT2D eigenvalue weighted by atomic mass is 10.2. The summed E-state index contributed by atoms with van der Waals surface area (Å²) in [5, 5.41) is 9.27. The lowest BCUT2D eigenvalue weighted by molar-refractivity contribution is -0.139. The first-order chi connectivity index (χ1) is 13.1. The van der Waals surface area contributed by atoms with Crippen molar-refractivity contribution in [2.45, 2.75) is 12.8 Å². The number of benzene rings is 2. The Morgan fingerprint density at radius 1 is 0.889 bits per heavy atom. The average molecular weight is 367 g/mol. The SMILES string of the molecule is COC(=O)Cc1noc2ccccc12.NC(=O)Cc1noc2ccccc12. The average Bonchev–Trinajstić information content (AvgIpc) is 3.27. The Bertz CT molecular complexity index is 1080. The summed E-state index contributed by atoms with van der Waals surface area (Å²) < 4.78 is 14.6. The summed E-state index contributed by atoms with van der Waals surface area (Å²) >= 11 is 0. The van der Waals surface area contributed by atoms with E-state index in [1.165, 1.54) is 7.11 Å². The third-order valence-corrected chi connectivity index (χ3v) is 3.79. The summed E-state index contributed by atoms with van der Waals surface area (Å²) in [6.45, 7) is 0. The van der Waals surface area contributed by atoms with Crippen molar-refractivity contribution in [1.29, 1.82) is 0 Å². The minimum Gasteiger partial charge on any atom is -0.469 e. The highest BCUT2D eigenvalue weighted by molar-refractivity contribution is 5.85. The van der Waals surface area contributed by atoms with Crippen molar-refractivity contribution in [2.24, 2.45) is 5.73 Å². The van der Waals surface area contributed by atoms with Gasteiger partial charge in [0.05, 0.1) is 20.0 Å². The number of amides is 1. The fourth-order valence-corrected chi connectivity index (χ4v) is 2.51. The standard InChI is InChI=1S/C10H9NO3.C9H8N2O2/c1-13-10(12)6-8-7-4-2-3-5-9(7)14-11-8;10-9(12)5-7-6-3-1-2-4-8(6)13-11-7/h2-5H,6H2,1H3;1-4H,5H2,(H2,10,12). The van der Waals surface area contributed by atoms with E-state index in [9.17, 15) is 9.59 Å². The molecule has 0 saturated heterocycles. The summed E-state index contributed by atoms with van der Waals surface area (Å²) in [5.74, 6) is -0.719. The Balaban J connectivity index is 0.000000156. The lowest BCUT2D eigenvalue weighted by Crippen LogP contribution is -2.13. The molecule has 0 aliphatic heterocycles. The van der Waals surface area contributed by atoms with Gasteiger partial charge in [-0.2, -0.15) is 0 Å². The molecule has 8 nitrogen and oxygen atoms in total. The van der Waals surface area contributed by atoms with Crippen LogP contribution in [-0.2, 0) is 27.2 Å².